The number of nitrogens with zero attached hydrogens (tertiary/aromatic N) is 2. The van der Waals surface area contributed by atoms with Crippen LogP contribution in [0.25, 0.3) is 6.08 Å². The average Bonchev–Trinajstić information content (AvgIpc) is 3.03. The van der Waals surface area contributed by atoms with E-state index in [1.807, 2.05) is 24.3 Å². The van der Waals surface area contributed by atoms with Gasteiger partial charge < -0.3 is 14.7 Å². The van der Waals surface area contributed by atoms with Gasteiger partial charge in [-0.15, -0.1) is 0 Å². The molecule has 0 atom stereocenters. The highest BCUT2D eigenvalue weighted by molar-refractivity contribution is 8.27. The van der Waals surface area contributed by atoms with Crippen molar-refractivity contribution in [1.82, 2.24) is 4.90 Å². The van der Waals surface area contributed by atoms with Crippen LogP contribution in [0.2, 0.25) is 0 Å². The van der Waals surface area contributed by atoms with Gasteiger partial charge in [0.05, 0.1) is 17.2 Å². The van der Waals surface area contributed by atoms with Crippen LogP contribution in [0.1, 0.15) is 25.8 Å². The predicted molar refractivity (Wildman–Crippen MR) is 128 cm³/mol. The van der Waals surface area contributed by atoms with Crippen LogP contribution in [0.15, 0.2) is 53.4 Å². The number of anilines is 1. The van der Waals surface area contributed by atoms with Crippen molar-refractivity contribution in [2.75, 3.05) is 31.1 Å². The maximum absolute atomic E-state index is 12.9. The third kappa shape index (κ3) is 5.62. The van der Waals surface area contributed by atoms with Gasteiger partial charge in [-0.05, 0) is 67.5 Å². The fourth-order valence-electron chi connectivity index (χ4n) is 3.12. The first kappa shape index (κ1) is 22.3. The smallest absolute Gasteiger partial charge is 0.270 e. The molecule has 1 aliphatic heterocycles. The molecule has 5 nitrogen and oxygen atoms in total. The summed E-state index contributed by atoms with van der Waals surface area (Å²) in [4.78, 5) is 17.3. The SMILES string of the molecule is CCN(CC)CCCOc1ccc(N2C(=O)/C(=C/c3ccc(O)cc3)SC2=S)cc1. The molecule has 0 aliphatic carbocycles. The molecular weight excluding hydrogens is 416 g/mol. The molecular formula is C23H26N2O3S2. The van der Waals surface area contributed by atoms with Gasteiger partial charge in [-0.3, -0.25) is 9.69 Å². The van der Waals surface area contributed by atoms with E-state index in [9.17, 15) is 9.90 Å². The van der Waals surface area contributed by atoms with E-state index in [4.69, 9.17) is 17.0 Å². The second-order valence-corrected chi connectivity index (χ2v) is 8.51. The number of benzene rings is 2. The molecule has 1 heterocycles. The van der Waals surface area contributed by atoms with Crippen LogP contribution in [0.5, 0.6) is 11.5 Å². The van der Waals surface area contributed by atoms with Gasteiger partial charge >= 0.3 is 0 Å². The Bertz CT molecular complexity index is 907. The van der Waals surface area contributed by atoms with Crippen LogP contribution in [0.4, 0.5) is 5.69 Å². The lowest BCUT2D eigenvalue weighted by Crippen LogP contribution is -2.27. The number of hydrogen-bond donors (Lipinski definition) is 1. The van der Waals surface area contributed by atoms with Gasteiger partial charge in [-0.1, -0.05) is 50.0 Å². The number of thioether (sulfide) groups is 1. The van der Waals surface area contributed by atoms with E-state index in [0.29, 0.717) is 15.8 Å². The first-order valence-corrected chi connectivity index (χ1v) is 11.3. The molecule has 7 heteroatoms. The van der Waals surface area contributed by atoms with E-state index < -0.39 is 0 Å². The topological polar surface area (TPSA) is 53.0 Å². The molecule has 1 aliphatic rings. The molecule has 30 heavy (non-hydrogen) atoms. The molecule has 2 aromatic rings. The summed E-state index contributed by atoms with van der Waals surface area (Å²) in [7, 11) is 0. The summed E-state index contributed by atoms with van der Waals surface area (Å²) in [5.74, 6) is 0.824. The fourth-order valence-corrected chi connectivity index (χ4v) is 4.42. The van der Waals surface area contributed by atoms with Crippen molar-refractivity contribution in [1.29, 1.82) is 0 Å². The summed E-state index contributed by atoms with van der Waals surface area (Å²) in [6.45, 7) is 8.11. The highest BCUT2D eigenvalue weighted by Gasteiger charge is 2.33. The van der Waals surface area contributed by atoms with Crippen LogP contribution >= 0.6 is 24.0 Å². The second kappa shape index (κ2) is 10.6. The Morgan fingerprint density at radius 3 is 2.40 bits per heavy atom. The normalized spacial score (nSPS) is 15.4. The molecule has 0 aromatic heterocycles. The van der Waals surface area contributed by atoms with Gasteiger partial charge in [0, 0.05) is 6.54 Å². The Kier molecular flexibility index (Phi) is 7.90. The highest BCUT2D eigenvalue weighted by atomic mass is 32.2. The van der Waals surface area contributed by atoms with Gasteiger partial charge in [0.1, 0.15) is 11.5 Å². The number of phenolic OH excluding ortho intramolecular Hbond substituents is 1. The van der Waals surface area contributed by atoms with Crippen molar-refractivity contribution in [3.63, 3.8) is 0 Å². The zero-order valence-electron chi connectivity index (χ0n) is 17.2. The van der Waals surface area contributed by atoms with Crippen LogP contribution < -0.4 is 9.64 Å². The molecule has 1 amide bonds. The molecule has 0 radical (unpaired) electrons. The third-order valence-electron chi connectivity index (χ3n) is 4.86. The lowest BCUT2D eigenvalue weighted by molar-refractivity contribution is -0.113. The molecule has 3 rings (SSSR count). The zero-order valence-corrected chi connectivity index (χ0v) is 18.8. The lowest BCUT2D eigenvalue weighted by atomic mass is 10.2. The fraction of sp³-hybridized carbons (Fsp3) is 0.304. The van der Waals surface area contributed by atoms with E-state index in [1.165, 1.54) is 16.7 Å². The van der Waals surface area contributed by atoms with Crippen molar-refractivity contribution in [3.05, 3.63) is 59.0 Å². The molecule has 0 spiro atoms. The lowest BCUT2D eigenvalue weighted by Gasteiger charge is -2.18. The maximum atomic E-state index is 12.9. The quantitative estimate of drug-likeness (QED) is 0.338. The second-order valence-electron chi connectivity index (χ2n) is 6.83. The molecule has 2 aromatic carbocycles. The number of thiocarbonyl (C=S) groups is 1. The summed E-state index contributed by atoms with van der Waals surface area (Å²) in [6, 6.07) is 14.1. The molecule has 1 N–H and O–H groups in total. The summed E-state index contributed by atoms with van der Waals surface area (Å²) < 4.78 is 6.32. The summed E-state index contributed by atoms with van der Waals surface area (Å²) in [6.07, 6.45) is 2.76. The predicted octanol–water partition coefficient (Wildman–Crippen LogP) is 4.91. The number of ether oxygens (including phenoxy) is 1. The van der Waals surface area contributed by atoms with Gasteiger partial charge in [-0.2, -0.15) is 0 Å². The summed E-state index contributed by atoms with van der Waals surface area (Å²) in [5, 5.41) is 9.41. The number of carbonyl (C=O) groups excluding carboxylic acids is 1. The minimum atomic E-state index is -0.147. The van der Waals surface area contributed by atoms with Crippen LogP contribution in [-0.4, -0.2) is 46.5 Å². The minimum absolute atomic E-state index is 0.147. The van der Waals surface area contributed by atoms with Gasteiger partial charge in [0.15, 0.2) is 4.32 Å². The zero-order chi connectivity index (χ0) is 21.5. The molecule has 0 saturated carbocycles. The van der Waals surface area contributed by atoms with Crippen LogP contribution in [0.3, 0.4) is 0 Å². The van der Waals surface area contributed by atoms with Gasteiger partial charge in [-0.25, -0.2) is 0 Å². The molecule has 158 valence electrons. The number of rotatable bonds is 9. The Labute approximate surface area is 187 Å². The van der Waals surface area contributed by atoms with Crippen molar-refractivity contribution in [3.8, 4) is 11.5 Å². The molecule has 1 fully saturated rings. The first-order chi connectivity index (χ1) is 14.5. The van der Waals surface area contributed by atoms with Gasteiger partial charge in [0.2, 0.25) is 0 Å². The van der Waals surface area contributed by atoms with Crippen LogP contribution in [0, 0.1) is 0 Å². The maximum Gasteiger partial charge on any atom is 0.270 e. The van der Waals surface area contributed by atoms with E-state index in [0.717, 1.165) is 43.1 Å². The molecule has 0 bridgehead atoms. The minimum Gasteiger partial charge on any atom is -0.508 e. The number of phenols is 1. The van der Waals surface area contributed by atoms with Crippen molar-refractivity contribution in [2.45, 2.75) is 20.3 Å². The number of aromatic hydroxyl groups is 1. The summed E-state index contributed by atoms with van der Waals surface area (Å²) >= 11 is 6.70. The van der Waals surface area contributed by atoms with E-state index >= 15 is 0 Å². The van der Waals surface area contributed by atoms with Crippen molar-refractivity contribution < 1.29 is 14.6 Å². The van der Waals surface area contributed by atoms with Gasteiger partial charge in [0.25, 0.3) is 5.91 Å². The van der Waals surface area contributed by atoms with E-state index in [2.05, 4.69) is 18.7 Å². The highest BCUT2D eigenvalue weighted by Crippen LogP contribution is 2.36. The average molecular weight is 443 g/mol. The Morgan fingerprint density at radius 2 is 1.77 bits per heavy atom. The Balaban J connectivity index is 1.61. The standard InChI is InChI=1S/C23H26N2O3S2/c1-3-24(4-2)14-5-15-28-20-12-8-18(9-13-20)25-22(27)21(30-23(25)29)16-17-6-10-19(26)11-7-17/h6-13,16,26H,3-5,14-15H2,1-2H3/b21-16-. The van der Waals surface area contributed by atoms with Crippen LogP contribution in [-0.2, 0) is 4.79 Å². The third-order valence-corrected chi connectivity index (χ3v) is 6.16. The monoisotopic (exact) mass is 442 g/mol. The number of carbonyl (C=O) groups is 1. The molecule has 0 unspecified atom stereocenters. The van der Waals surface area contributed by atoms with E-state index in [-0.39, 0.29) is 11.7 Å². The number of amides is 1. The Morgan fingerprint density at radius 1 is 1.10 bits per heavy atom. The Hall–Kier alpha value is -2.35. The number of hydrogen-bond acceptors (Lipinski definition) is 6. The van der Waals surface area contributed by atoms with Crippen molar-refractivity contribution in [2.24, 2.45) is 0 Å². The van der Waals surface area contributed by atoms with Crippen molar-refractivity contribution >= 4 is 46.0 Å². The summed E-state index contributed by atoms with van der Waals surface area (Å²) in [5.41, 5.74) is 1.56. The largest absolute Gasteiger partial charge is 0.508 e. The van der Waals surface area contributed by atoms with E-state index in [1.54, 1.807) is 30.3 Å². The molecule has 1 saturated heterocycles. The first-order valence-electron chi connectivity index (χ1n) is 10.0.